The minimum atomic E-state index is -1.05. The summed E-state index contributed by atoms with van der Waals surface area (Å²) in [7, 11) is 1.43. The van der Waals surface area contributed by atoms with E-state index in [1.165, 1.54) is 25.2 Å². The molecular weight excluding hydrogens is 402 g/mol. The number of aryl methyl sites for hydroxylation is 1. The van der Waals surface area contributed by atoms with Crippen molar-refractivity contribution < 1.29 is 14.5 Å². The summed E-state index contributed by atoms with van der Waals surface area (Å²) in [5.74, 6) is -1.36. The average Bonchev–Trinajstić information content (AvgIpc) is 2.77. The van der Waals surface area contributed by atoms with Gasteiger partial charge in [0.05, 0.1) is 4.92 Å². The first-order chi connectivity index (χ1) is 14.8. The predicted molar refractivity (Wildman–Crippen MR) is 112 cm³/mol. The third-order valence-corrected chi connectivity index (χ3v) is 4.55. The van der Waals surface area contributed by atoms with Crippen molar-refractivity contribution in [1.82, 2.24) is 20.4 Å². The fraction of sp³-hybridized carbons (Fsp3) is 0.143. The highest BCUT2D eigenvalue weighted by atomic mass is 16.6. The first-order valence-corrected chi connectivity index (χ1v) is 9.25. The van der Waals surface area contributed by atoms with Crippen molar-refractivity contribution in [1.29, 1.82) is 0 Å². The molecule has 0 spiro atoms. The van der Waals surface area contributed by atoms with E-state index in [1.807, 2.05) is 0 Å². The van der Waals surface area contributed by atoms with Gasteiger partial charge in [-0.05, 0) is 18.6 Å². The molecule has 0 fully saturated rings. The van der Waals surface area contributed by atoms with Crippen LogP contribution in [0.5, 0.6) is 0 Å². The highest BCUT2D eigenvalue weighted by Crippen LogP contribution is 2.22. The molecule has 0 aliphatic rings. The van der Waals surface area contributed by atoms with Crippen molar-refractivity contribution in [2.24, 2.45) is 0 Å². The lowest BCUT2D eigenvalue weighted by atomic mass is 10.1. The lowest BCUT2D eigenvalue weighted by Crippen LogP contribution is -2.41. The largest absolute Gasteiger partial charge is 0.357 e. The second-order valence-corrected chi connectivity index (χ2v) is 6.59. The Labute approximate surface area is 176 Å². The molecule has 1 heterocycles. The molecule has 0 bridgehead atoms. The van der Waals surface area contributed by atoms with Gasteiger partial charge in [-0.15, -0.1) is 0 Å². The molecule has 10 heteroatoms. The van der Waals surface area contributed by atoms with Gasteiger partial charge in [-0.25, -0.2) is 4.68 Å². The molecule has 2 N–H and O–H groups in total. The van der Waals surface area contributed by atoms with E-state index in [0.29, 0.717) is 11.3 Å². The Kier molecular flexibility index (Phi) is 6.20. The monoisotopic (exact) mass is 421 g/mol. The molecule has 0 saturated carbocycles. The number of benzene rings is 2. The molecule has 0 radical (unpaired) electrons. The van der Waals surface area contributed by atoms with E-state index in [-0.39, 0.29) is 11.4 Å². The van der Waals surface area contributed by atoms with E-state index in [4.69, 9.17) is 0 Å². The third-order valence-electron chi connectivity index (χ3n) is 4.55. The first-order valence-electron chi connectivity index (χ1n) is 9.25. The number of carbonyl (C=O) groups excluding carboxylic acids is 2. The lowest BCUT2D eigenvalue weighted by molar-refractivity contribution is -0.384. The van der Waals surface area contributed by atoms with Crippen molar-refractivity contribution in [2.45, 2.75) is 13.0 Å². The van der Waals surface area contributed by atoms with E-state index < -0.39 is 33.9 Å². The highest BCUT2D eigenvalue weighted by Gasteiger charge is 2.25. The van der Waals surface area contributed by atoms with Gasteiger partial charge in [0.2, 0.25) is 11.3 Å². The summed E-state index contributed by atoms with van der Waals surface area (Å²) in [5, 5.41) is 20.4. The van der Waals surface area contributed by atoms with Crippen molar-refractivity contribution in [3.05, 3.63) is 98.0 Å². The molecule has 2 amide bonds. The zero-order valence-corrected chi connectivity index (χ0v) is 16.7. The number of para-hydroxylation sites is 2. The number of aromatic nitrogens is 2. The molecule has 0 saturated heterocycles. The predicted octanol–water partition coefficient (Wildman–Crippen LogP) is 1.67. The number of likely N-dealkylation sites (N-methyl/N-ethyl adjacent to an activating group) is 1. The molecule has 3 rings (SSSR count). The topological polar surface area (TPSA) is 136 Å². The van der Waals surface area contributed by atoms with Crippen molar-refractivity contribution in [2.75, 3.05) is 7.05 Å². The number of carbonyl (C=O) groups is 2. The van der Waals surface area contributed by atoms with Crippen LogP contribution in [-0.2, 0) is 4.79 Å². The third kappa shape index (κ3) is 4.47. The molecule has 158 valence electrons. The van der Waals surface area contributed by atoms with Gasteiger partial charge < -0.3 is 10.6 Å². The van der Waals surface area contributed by atoms with Crippen LogP contribution in [0.15, 0.2) is 65.5 Å². The number of nitrogens with zero attached hydrogens (tertiary/aromatic N) is 3. The summed E-state index contributed by atoms with van der Waals surface area (Å²) < 4.78 is 1.16. The number of hydrogen-bond acceptors (Lipinski definition) is 6. The Morgan fingerprint density at radius 3 is 2.39 bits per heavy atom. The van der Waals surface area contributed by atoms with Crippen LogP contribution in [0.3, 0.4) is 0 Å². The van der Waals surface area contributed by atoms with Gasteiger partial charge in [0.25, 0.3) is 11.6 Å². The highest BCUT2D eigenvalue weighted by molar-refractivity contribution is 5.96. The number of nitro benzene ring substituents is 1. The number of nitro groups is 1. The van der Waals surface area contributed by atoms with Crippen LogP contribution in [0.2, 0.25) is 0 Å². The number of nitrogens with one attached hydrogen (secondary N) is 2. The minimum Gasteiger partial charge on any atom is -0.357 e. The summed E-state index contributed by atoms with van der Waals surface area (Å²) in [6.45, 7) is 1.55. The SMILES string of the molecule is CNC(=O)[C@H](NC(=O)c1nn(-c2ccccc2[N+](=O)[O-])c(C)cc1=O)c1ccccc1. The van der Waals surface area contributed by atoms with E-state index in [2.05, 4.69) is 15.7 Å². The average molecular weight is 421 g/mol. The maximum absolute atomic E-state index is 12.9. The Balaban J connectivity index is 2.04. The van der Waals surface area contributed by atoms with Gasteiger partial charge in [0.15, 0.2) is 5.69 Å². The zero-order chi connectivity index (χ0) is 22.5. The van der Waals surface area contributed by atoms with Crippen LogP contribution in [0.25, 0.3) is 5.69 Å². The van der Waals surface area contributed by atoms with Crippen LogP contribution < -0.4 is 16.1 Å². The molecule has 0 aliphatic carbocycles. The Hall–Kier alpha value is -4.34. The molecular formula is C21H19N5O5. The first kappa shape index (κ1) is 21.4. The summed E-state index contributed by atoms with van der Waals surface area (Å²) in [6.07, 6.45) is 0. The maximum Gasteiger partial charge on any atom is 0.294 e. The standard InChI is InChI=1S/C21H19N5O5/c1-13-12-17(27)19(24-25(13)15-10-6-7-11-16(15)26(30)31)21(29)23-18(20(28)22-2)14-8-4-3-5-9-14/h3-12,18H,1-2H3,(H,22,28)(H,23,29)/t18-/m1/s1. The Bertz CT molecular complexity index is 1210. The molecule has 0 aliphatic heterocycles. The molecule has 3 aromatic rings. The van der Waals surface area contributed by atoms with Gasteiger partial charge in [-0.1, -0.05) is 42.5 Å². The smallest absolute Gasteiger partial charge is 0.294 e. The lowest BCUT2D eigenvalue weighted by Gasteiger charge is -2.18. The summed E-state index contributed by atoms with van der Waals surface area (Å²) in [5.41, 5.74) is -0.476. The van der Waals surface area contributed by atoms with E-state index in [9.17, 15) is 24.5 Å². The van der Waals surface area contributed by atoms with Crippen LogP contribution >= 0.6 is 0 Å². The van der Waals surface area contributed by atoms with Crippen LogP contribution in [0.1, 0.15) is 27.8 Å². The second kappa shape index (κ2) is 8.99. The number of hydrogen-bond donors (Lipinski definition) is 2. The maximum atomic E-state index is 12.9. The second-order valence-electron chi connectivity index (χ2n) is 6.59. The quantitative estimate of drug-likeness (QED) is 0.459. The molecule has 1 atom stereocenters. The molecule has 0 unspecified atom stereocenters. The number of amides is 2. The summed E-state index contributed by atoms with van der Waals surface area (Å²) in [6, 6.07) is 14.5. The van der Waals surface area contributed by atoms with Crippen molar-refractivity contribution >= 4 is 17.5 Å². The van der Waals surface area contributed by atoms with Crippen LogP contribution in [-0.4, -0.2) is 33.6 Å². The summed E-state index contributed by atoms with van der Waals surface area (Å²) in [4.78, 5) is 48.5. The van der Waals surface area contributed by atoms with Gasteiger partial charge >= 0.3 is 0 Å². The zero-order valence-electron chi connectivity index (χ0n) is 16.7. The van der Waals surface area contributed by atoms with E-state index in [0.717, 1.165) is 10.7 Å². The van der Waals surface area contributed by atoms with Crippen molar-refractivity contribution in [3.8, 4) is 5.69 Å². The van der Waals surface area contributed by atoms with Crippen LogP contribution in [0, 0.1) is 17.0 Å². The minimum absolute atomic E-state index is 0.102. The molecule has 31 heavy (non-hydrogen) atoms. The number of rotatable bonds is 6. The van der Waals surface area contributed by atoms with Gasteiger partial charge in [0.1, 0.15) is 11.7 Å². The fourth-order valence-electron chi connectivity index (χ4n) is 3.04. The fourth-order valence-corrected chi connectivity index (χ4v) is 3.04. The summed E-state index contributed by atoms with van der Waals surface area (Å²) >= 11 is 0. The molecule has 2 aromatic carbocycles. The Morgan fingerprint density at radius 2 is 1.74 bits per heavy atom. The molecule has 10 nitrogen and oxygen atoms in total. The van der Waals surface area contributed by atoms with E-state index >= 15 is 0 Å². The van der Waals surface area contributed by atoms with Crippen LogP contribution in [0.4, 0.5) is 5.69 Å². The van der Waals surface area contributed by atoms with Gasteiger partial charge in [0, 0.05) is 24.9 Å². The van der Waals surface area contributed by atoms with Gasteiger partial charge in [-0.2, -0.15) is 5.10 Å². The molecule has 1 aromatic heterocycles. The van der Waals surface area contributed by atoms with Crippen molar-refractivity contribution in [3.63, 3.8) is 0 Å². The Morgan fingerprint density at radius 1 is 1.10 bits per heavy atom. The normalized spacial score (nSPS) is 11.4. The van der Waals surface area contributed by atoms with Gasteiger partial charge in [-0.3, -0.25) is 24.5 Å². The van der Waals surface area contributed by atoms with E-state index in [1.54, 1.807) is 43.3 Å².